The normalized spacial score (nSPS) is 16.5. The molecule has 0 aliphatic carbocycles. The van der Waals surface area contributed by atoms with Crippen molar-refractivity contribution in [2.75, 3.05) is 5.75 Å². The number of amides is 1. The van der Waals surface area contributed by atoms with Crippen molar-refractivity contribution >= 4 is 45.8 Å². The molecule has 0 N–H and O–H groups in total. The van der Waals surface area contributed by atoms with E-state index in [1.165, 1.54) is 18.1 Å². The minimum Gasteiger partial charge on any atom is -0.463 e. The number of aryl methyl sites for hydroxylation is 1. The maximum absolute atomic E-state index is 13.1. The summed E-state index contributed by atoms with van der Waals surface area (Å²) in [6.07, 6.45) is 5.46. The Morgan fingerprint density at radius 3 is 3.07 bits per heavy atom. The number of thioether (sulfide) groups is 1. The highest BCUT2D eigenvalue weighted by atomic mass is 32.2. The Morgan fingerprint density at radius 2 is 2.28 bits per heavy atom. The van der Waals surface area contributed by atoms with E-state index in [2.05, 4.69) is 20.2 Å². The molecule has 8 nitrogen and oxygen atoms in total. The summed E-state index contributed by atoms with van der Waals surface area (Å²) >= 11 is 2.99. The number of hydrogen-bond donors (Lipinski definition) is 0. The van der Waals surface area contributed by atoms with Crippen LogP contribution in [0.1, 0.15) is 23.1 Å². The quantitative estimate of drug-likeness (QED) is 0.360. The Morgan fingerprint density at radius 1 is 1.34 bits per heavy atom. The molecule has 1 atom stereocenters. The Bertz CT molecular complexity index is 1180. The van der Waals surface area contributed by atoms with Gasteiger partial charge in [0.15, 0.2) is 5.65 Å². The van der Waals surface area contributed by atoms with E-state index in [0.717, 1.165) is 26.6 Å². The van der Waals surface area contributed by atoms with Gasteiger partial charge < -0.3 is 4.42 Å². The molecule has 29 heavy (non-hydrogen) atoms. The molecule has 10 heteroatoms. The third-order valence-electron chi connectivity index (χ3n) is 4.67. The molecule has 0 bridgehead atoms. The molecule has 4 aromatic heterocycles. The number of nitrogens with zero attached hydrogens (tertiary/aromatic N) is 6. The van der Waals surface area contributed by atoms with Crippen LogP contribution in [-0.4, -0.2) is 42.1 Å². The van der Waals surface area contributed by atoms with Crippen molar-refractivity contribution in [3.05, 3.63) is 59.1 Å². The molecule has 5 heterocycles. The minimum absolute atomic E-state index is 0.0781. The van der Waals surface area contributed by atoms with Crippen molar-refractivity contribution in [3.63, 3.8) is 0 Å². The number of hydrogen-bond acceptors (Lipinski definition) is 8. The van der Waals surface area contributed by atoms with E-state index in [4.69, 9.17) is 4.42 Å². The van der Waals surface area contributed by atoms with Gasteiger partial charge in [0.25, 0.3) is 5.91 Å². The van der Waals surface area contributed by atoms with E-state index in [-0.39, 0.29) is 17.7 Å². The molecule has 4 aromatic rings. The number of aromatic nitrogens is 4. The fraction of sp³-hybridized carbons (Fsp3) is 0.211. The van der Waals surface area contributed by atoms with Crippen molar-refractivity contribution in [2.24, 2.45) is 12.1 Å². The lowest BCUT2D eigenvalue weighted by atomic mass is 10.1. The number of carbonyl (C=O) groups is 1. The third kappa shape index (κ3) is 3.34. The maximum Gasteiger partial charge on any atom is 0.253 e. The maximum atomic E-state index is 13.1. The van der Waals surface area contributed by atoms with Crippen LogP contribution < -0.4 is 0 Å². The zero-order valence-corrected chi connectivity index (χ0v) is 17.1. The second-order valence-electron chi connectivity index (χ2n) is 6.47. The van der Waals surface area contributed by atoms with E-state index in [9.17, 15) is 4.79 Å². The monoisotopic (exact) mass is 424 g/mol. The molecule has 5 rings (SSSR count). The lowest BCUT2D eigenvalue weighted by Gasteiger charge is -2.20. The fourth-order valence-corrected chi connectivity index (χ4v) is 4.91. The second-order valence-corrected chi connectivity index (χ2v) is 8.41. The van der Waals surface area contributed by atoms with Gasteiger partial charge in [0.2, 0.25) is 0 Å². The van der Waals surface area contributed by atoms with Crippen molar-refractivity contribution in [1.82, 2.24) is 24.8 Å². The van der Waals surface area contributed by atoms with Gasteiger partial charge in [-0.25, -0.2) is 15.0 Å². The summed E-state index contributed by atoms with van der Waals surface area (Å²) in [7, 11) is 1.83. The van der Waals surface area contributed by atoms with Crippen LogP contribution in [0.25, 0.3) is 11.0 Å². The predicted octanol–water partition coefficient (Wildman–Crippen LogP) is 3.49. The summed E-state index contributed by atoms with van der Waals surface area (Å²) in [6, 6.07) is 7.60. The number of furan rings is 1. The highest BCUT2D eigenvalue weighted by molar-refractivity contribution is 8.00. The van der Waals surface area contributed by atoms with E-state index in [1.807, 2.05) is 36.7 Å². The number of hydrazone groups is 1. The lowest BCUT2D eigenvalue weighted by molar-refractivity contribution is -0.130. The van der Waals surface area contributed by atoms with Gasteiger partial charge >= 0.3 is 0 Å². The van der Waals surface area contributed by atoms with Crippen LogP contribution >= 0.6 is 23.1 Å². The molecule has 0 saturated heterocycles. The number of thiophene rings is 1. The smallest absolute Gasteiger partial charge is 0.253 e. The molecule has 0 spiro atoms. The molecule has 0 fully saturated rings. The van der Waals surface area contributed by atoms with Crippen LogP contribution in [0.5, 0.6) is 0 Å². The first-order valence-electron chi connectivity index (χ1n) is 8.93. The number of fused-ring (bicyclic) bond motifs is 1. The molecule has 0 unspecified atom stereocenters. The van der Waals surface area contributed by atoms with Crippen LogP contribution in [0.4, 0.5) is 0 Å². The topological polar surface area (TPSA) is 89.4 Å². The first kappa shape index (κ1) is 18.1. The second kappa shape index (κ2) is 7.45. The Labute approximate surface area is 174 Å². The van der Waals surface area contributed by atoms with Gasteiger partial charge in [0.05, 0.1) is 29.6 Å². The highest BCUT2D eigenvalue weighted by Gasteiger charge is 2.34. The van der Waals surface area contributed by atoms with E-state index in [1.54, 1.807) is 33.5 Å². The zero-order chi connectivity index (χ0) is 19.8. The first-order valence-corrected chi connectivity index (χ1v) is 10.8. The highest BCUT2D eigenvalue weighted by Crippen LogP contribution is 2.36. The SMILES string of the molecule is Cn1ncc2c(SCC(=O)N3N=C(c4ccco4)C[C@H]3c3cccs3)ncnc21. The van der Waals surface area contributed by atoms with Gasteiger partial charge in [-0.15, -0.1) is 11.3 Å². The third-order valence-corrected chi connectivity index (χ3v) is 6.63. The molecule has 1 aliphatic heterocycles. The molecule has 1 amide bonds. The van der Waals surface area contributed by atoms with Gasteiger partial charge in [-0.05, 0) is 23.6 Å². The molecule has 0 saturated carbocycles. The van der Waals surface area contributed by atoms with Crippen LogP contribution in [0.3, 0.4) is 0 Å². The Hall–Kier alpha value is -2.98. The van der Waals surface area contributed by atoms with Crippen LogP contribution in [-0.2, 0) is 11.8 Å². The zero-order valence-electron chi connectivity index (χ0n) is 15.4. The predicted molar refractivity (Wildman–Crippen MR) is 111 cm³/mol. The van der Waals surface area contributed by atoms with Crippen LogP contribution in [0.2, 0.25) is 0 Å². The fourth-order valence-electron chi connectivity index (χ4n) is 3.29. The standard InChI is InChI=1S/C19H16N6O2S2/c1-24-18-12(9-22-24)19(21-11-20-18)29-10-17(26)25-14(16-5-3-7-28-16)8-13(23-25)15-4-2-6-27-15/h2-7,9,11,14H,8,10H2,1H3/t14-/m0/s1. The molecule has 1 aliphatic rings. The minimum atomic E-state index is -0.119. The molecular formula is C19H16N6O2S2. The Balaban J connectivity index is 1.39. The molecule has 0 aromatic carbocycles. The average Bonchev–Trinajstić information content (AvgIpc) is 3.52. The first-order chi connectivity index (χ1) is 14.2. The Kier molecular flexibility index (Phi) is 4.64. The molecule has 0 radical (unpaired) electrons. The largest absolute Gasteiger partial charge is 0.463 e. The molecular weight excluding hydrogens is 408 g/mol. The van der Waals surface area contributed by atoms with Crippen molar-refractivity contribution in [2.45, 2.75) is 17.5 Å². The van der Waals surface area contributed by atoms with Crippen molar-refractivity contribution in [3.8, 4) is 0 Å². The average molecular weight is 425 g/mol. The number of carbonyl (C=O) groups excluding carboxylic acids is 1. The summed E-state index contributed by atoms with van der Waals surface area (Å²) in [6.45, 7) is 0. The van der Waals surface area contributed by atoms with E-state index in [0.29, 0.717) is 12.2 Å². The summed E-state index contributed by atoms with van der Waals surface area (Å²) in [5.41, 5.74) is 1.52. The summed E-state index contributed by atoms with van der Waals surface area (Å²) in [5.74, 6) is 0.839. The van der Waals surface area contributed by atoms with E-state index < -0.39 is 0 Å². The van der Waals surface area contributed by atoms with Crippen LogP contribution in [0.15, 0.2) is 63.0 Å². The van der Waals surface area contributed by atoms with Gasteiger partial charge in [0, 0.05) is 18.3 Å². The lowest BCUT2D eigenvalue weighted by Crippen LogP contribution is -2.28. The van der Waals surface area contributed by atoms with Gasteiger partial charge in [-0.2, -0.15) is 10.2 Å². The number of rotatable bonds is 5. The molecule has 146 valence electrons. The van der Waals surface area contributed by atoms with Gasteiger partial charge in [-0.1, -0.05) is 17.8 Å². The van der Waals surface area contributed by atoms with Gasteiger partial charge in [0.1, 0.15) is 22.8 Å². The van der Waals surface area contributed by atoms with Gasteiger partial charge in [-0.3, -0.25) is 9.48 Å². The van der Waals surface area contributed by atoms with Crippen molar-refractivity contribution < 1.29 is 9.21 Å². The van der Waals surface area contributed by atoms with Crippen molar-refractivity contribution in [1.29, 1.82) is 0 Å². The summed E-state index contributed by atoms with van der Waals surface area (Å²) < 4.78 is 7.18. The summed E-state index contributed by atoms with van der Waals surface area (Å²) in [5, 5.41) is 14.0. The summed E-state index contributed by atoms with van der Waals surface area (Å²) in [4.78, 5) is 22.8. The van der Waals surface area contributed by atoms with E-state index >= 15 is 0 Å². The van der Waals surface area contributed by atoms with Crippen LogP contribution in [0, 0.1) is 0 Å².